The third kappa shape index (κ3) is 0.875. The first-order valence-electron chi connectivity index (χ1n) is 2.97. The number of nitrogens with zero attached hydrogens (tertiary/aromatic N) is 5. The van der Waals surface area contributed by atoms with Gasteiger partial charge >= 0.3 is 6.03 Å². The van der Waals surface area contributed by atoms with E-state index in [0.717, 1.165) is 0 Å². The zero-order valence-electron chi connectivity index (χ0n) is 5.63. The fraction of sp³-hybridized carbons (Fsp3) is 0. The molecule has 0 N–H and O–H groups in total. The molecule has 0 saturated heterocycles. The summed E-state index contributed by atoms with van der Waals surface area (Å²) >= 11 is 0. The van der Waals surface area contributed by atoms with Gasteiger partial charge in [-0.2, -0.15) is 15.0 Å². The smallest absolute Gasteiger partial charge is 0.244 e. The topological polar surface area (TPSA) is 97.0 Å². The predicted molar refractivity (Wildman–Crippen MR) is 35.2 cm³/mol. The summed E-state index contributed by atoms with van der Waals surface area (Å²) in [6, 6.07) is -0.637. The number of nitroso groups, excluding NO2 is 1. The molecule has 0 bridgehead atoms. The minimum atomic E-state index is -0.637. The summed E-state index contributed by atoms with van der Waals surface area (Å²) in [7, 11) is 0. The lowest BCUT2D eigenvalue weighted by Crippen LogP contribution is -2.25. The highest BCUT2D eigenvalue weighted by Crippen LogP contribution is 1.93. The zero-order valence-corrected chi connectivity index (χ0v) is 5.63. The molecule has 2 heterocycles. The van der Waals surface area contributed by atoms with Crippen molar-refractivity contribution in [3.05, 3.63) is 21.9 Å². The van der Waals surface area contributed by atoms with E-state index in [1.54, 1.807) is 0 Å². The van der Waals surface area contributed by atoms with Crippen molar-refractivity contribution in [2.75, 3.05) is 0 Å². The highest BCUT2D eigenvalue weighted by molar-refractivity contribution is 5.77. The predicted octanol–water partition coefficient (Wildman–Crippen LogP) is -0.753. The van der Waals surface area contributed by atoms with Crippen LogP contribution in [0.1, 0.15) is 0 Å². The highest BCUT2D eigenvalue weighted by Gasteiger charge is 2.07. The lowest BCUT2D eigenvalue weighted by atomic mass is 10.6. The first-order chi connectivity index (χ1) is 5.79. The van der Waals surface area contributed by atoms with Gasteiger partial charge in [0.1, 0.15) is 5.36 Å². The molecule has 0 saturated carbocycles. The highest BCUT2D eigenvalue weighted by atomic mass is 16.3. The molecule has 1 aromatic heterocycles. The van der Waals surface area contributed by atoms with E-state index in [1.807, 2.05) is 0 Å². The monoisotopic (exact) mass is 163 g/mol. The van der Waals surface area contributed by atoms with Crippen LogP contribution in [0.3, 0.4) is 0 Å². The first kappa shape index (κ1) is 6.65. The summed E-state index contributed by atoms with van der Waals surface area (Å²) in [6.07, 6.45) is 1.23. The molecular weight excluding hydrogens is 162 g/mol. The first-order valence-corrected chi connectivity index (χ1v) is 2.97. The molecule has 0 aliphatic carbocycles. The van der Waals surface area contributed by atoms with E-state index in [4.69, 9.17) is 0 Å². The van der Waals surface area contributed by atoms with Gasteiger partial charge in [-0.1, -0.05) is 0 Å². The Morgan fingerprint density at radius 3 is 2.92 bits per heavy atom. The van der Waals surface area contributed by atoms with Crippen LogP contribution in [0.25, 0.3) is 0 Å². The number of carbonyl (C=O) groups is 1. The minimum Gasteiger partial charge on any atom is -0.244 e. The Hall–Kier alpha value is -2.05. The van der Waals surface area contributed by atoms with Crippen molar-refractivity contribution >= 4 is 12.0 Å². The van der Waals surface area contributed by atoms with Crippen molar-refractivity contribution in [2.45, 2.75) is 0 Å². The number of urea groups is 1. The molecule has 2 amide bonds. The maximum absolute atomic E-state index is 10.6. The molecule has 7 nitrogen and oxygen atoms in total. The minimum absolute atomic E-state index is 0.101. The normalized spacial score (nSPS) is 13.2. The summed E-state index contributed by atoms with van der Waals surface area (Å²) in [5, 5.41) is 2.76. The number of hydrogen-bond donors (Lipinski definition) is 0. The van der Waals surface area contributed by atoms with Crippen LogP contribution in [0.15, 0.2) is 21.4 Å². The molecule has 1 aromatic rings. The van der Waals surface area contributed by atoms with Gasteiger partial charge in [0, 0.05) is 5.18 Å². The molecule has 1 aliphatic rings. The summed E-state index contributed by atoms with van der Waals surface area (Å²) in [4.78, 5) is 34.5. The van der Waals surface area contributed by atoms with Crippen LogP contribution in [-0.2, 0) is 0 Å². The molecule has 12 heavy (non-hydrogen) atoms. The number of fused-ring (bicyclic) bond motifs is 1. The molecule has 0 spiro atoms. The Kier molecular flexibility index (Phi) is 1.23. The Balaban J connectivity index is 2.80. The number of carbonyl (C=O) groups excluding carboxylic acids is 1. The third-order valence-electron chi connectivity index (χ3n) is 1.24. The fourth-order valence-corrected chi connectivity index (χ4v) is 0.781. The van der Waals surface area contributed by atoms with E-state index in [9.17, 15) is 9.70 Å². The van der Waals surface area contributed by atoms with E-state index in [-0.39, 0.29) is 16.8 Å². The second-order valence-electron chi connectivity index (χ2n) is 1.98. The largest absolute Gasteiger partial charge is 0.369 e. The van der Waals surface area contributed by atoms with Crippen LogP contribution in [0.2, 0.25) is 0 Å². The van der Waals surface area contributed by atoms with E-state index in [0.29, 0.717) is 0 Å². The van der Waals surface area contributed by atoms with Gasteiger partial charge in [0.15, 0.2) is 5.49 Å². The van der Waals surface area contributed by atoms with Crippen LogP contribution < -0.4 is 10.8 Å². The van der Waals surface area contributed by atoms with Crippen LogP contribution >= 0.6 is 0 Å². The van der Waals surface area contributed by atoms with Crippen molar-refractivity contribution in [3.63, 3.8) is 0 Å². The summed E-state index contributed by atoms with van der Waals surface area (Å²) < 4.78 is 0. The summed E-state index contributed by atoms with van der Waals surface area (Å²) in [6.45, 7) is 0. The second-order valence-corrected chi connectivity index (χ2v) is 1.98. The van der Waals surface area contributed by atoms with Gasteiger partial charge in [-0.15, -0.1) is 4.91 Å². The number of aromatic nitrogens is 2. The maximum atomic E-state index is 10.6. The van der Waals surface area contributed by atoms with Gasteiger partial charge in [-0.25, -0.2) is 9.78 Å². The average Bonchev–Trinajstić information content (AvgIpc) is 2.43. The zero-order chi connectivity index (χ0) is 8.55. The number of amides is 2. The van der Waals surface area contributed by atoms with Crippen molar-refractivity contribution < 1.29 is 4.79 Å². The Morgan fingerprint density at radius 2 is 2.17 bits per heavy atom. The van der Waals surface area contributed by atoms with Gasteiger partial charge in [0.25, 0.3) is 5.95 Å². The standard InChI is InChI=1S/C5HN5O2/c11-5-7-2-1-6-4(10-12)8-3(2)9-5/h1H. The molecule has 0 aromatic carbocycles. The van der Waals surface area contributed by atoms with Gasteiger partial charge in [-0.3, -0.25) is 0 Å². The molecule has 1 aliphatic heterocycles. The van der Waals surface area contributed by atoms with Gasteiger partial charge in [0.05, 0.1) is 6.20 Å². The van der Waals surface area contributed by atoms with Crippen LogP contribution in [0, 0.1) is 4.91 Å². The lowest BCUT2D eigenvalue weighted by Gasteiger charge is -1.81. The second kappa shape index (κ2) is 2.22. The Labute approximate surface area is 64.9 Å². The van der Waals surface area contributed by atoms with E-state index < -0.39 is 6.03 Å². The van der Waals surface area contributed by atoms with Crippen molar-refractivity contribution in [3.8, 4) is 0 Å². The number of rotatable bonds is 1. The van der Waals surface area contributed by atoms with E-state index in [1.165, 1.54) is 6.20 Å². The van der Waals surface area contributed by atoms with E-state index in [2.05, 4.69) is 25.1 Å². The van der Waals surface area contributed by atoms with Crippen molar-refractivity contribution in [1.82, 2.24) is 9.97 Å². The summed E-state index contributed by atoms with van der Waals surface area (Å²) in [5.41, 5.74) is 0.101. The molecule has 7 heteroatoms. The molecule has 2 rings (SSSR count). The molecular formula is C5HN5O2. The molecule has 0 unspecified atom stereocenters. The third-order valence-corrected chi connectivity index (χ3v) is 1.24. The number of hydrogen-bond acceptors (Lipinski definition) is 5. The van der Waals surface area contributed by atoms with Crippen molar-refractivity contribution in [1.29, 1.82) is 0 Å². The van der Waals surface area contributed by atoms with Gasteiger partial charge < -0.3 is 0 Å². The summed E-state index contributed by atoms with van der Waals surface area (Å²) in [5.74, 6) is -0.248. The molecule has 58 valence electrons. The lowest BCUT2D eigenvalue weighted by molar-refractivity contribution is 0.256. The van der Waals surface area contributed by atoms with Gasteiger partial charge in [-0.05, 0) is 0 Å². The molecule has 0 fully saturated rings. The fourth-order valence-electron chi connectivity index (χ4n) is 0.781. The quantitative estimate of drug-likeness (QED) is 0.508. The van der Waals surface area contributed by atoms with Gasteiger partial charge in [0.2, 0.25) is 0 Å². The Morgan fingerprint density at radius 1 is 1.33 bits per heavy atom. The van der Waals surface area contributed by atoms with E-state index >= 15 is 0 Å². The average molecular weight is 163 g/mol. The Bertz CT molecular complexity index is 479. The SMILES string of the molecule is O=Nc1ncc2c(n1)=NC(=O)N=2. The van der Waals surface area contributed by atoms with Crippen LogP contribution in [0.5, 0.6) is 0 Å². The molecule has 0 radical (unpaired) electrons. The van der Waals surface area contributed by atoms with Crippen LogP contribution in [-0.4, -0.2) is 16.0 Å². The molecule has 0 atom stereocenters. The van der Waals surface area contributed by atoms with Crippen LogP contribution in [0.4, 0.5) is 10.7 Å². The maximum Gasteiger partial charge on any atom is 0.369 e. The van der Waals surface area contributed by atoms with Crippen molar-refractivity contribution in [2.24, 2.45) is 15.2 Å².